The maximum absolute atomic E-state index is 17.1. The summed E-state index contributed by atoms with van der Waals surface area (Å²) < 4.78 is 45.2. The highest BCUT2D eigenvalue weighted by Gasteiger charge is 2.51. The third-order valence-electron chi connectivity index (χ3n) is 11.4. The second-order valence-corrected chi connectivity index (χ2v) is 15.5. The lowest BCUT2D eigenvalue weighted by molar-refractivity contribution is 0.0185. The smallest absolute Gasteiger partial charge is 0.234 e. The number of likely N-dealkylation sites (tertiary alicyclic amines) is 1. The van der Waals surface area contributed by atoms with Gasteiger partial charge >= 0.3 is 0 Å². The van der Waals surface area contributed by atoms with Crippen molar-refractivity contribution in [3.63, 3.8) is 0 Å². The van der Waals surface area contributed by atoms with Crippen molar-refractivity contribution in [2.24, 2.45) is 10.8 Å². The van der Waals surface area contributed by atoms with Crippen LogP contribution in [0.3, 0.4) is 0 Å². The van der Waals surface area contributed by atoms with Crippen LogP contribution in [0.4, 0.5) is 14.5 Å². The van der Waals surface area contributed by atoms with Crippen LogP contribution >= 0.6 is 0 Å². The number of pyridine rings is 1. The van der Waals surface area contributed by atoms with Gasteiger partial charge in [-0.1, -0.05) is 19.8 Å². The van der Waals surface area contributed by atoms with Gasteiger partial charge in [0, 0.05) is 43.1 Å². The van der Waals surface area contributed by atoms with Gasteiger partial charge in [0.2, 0.25) is 11.8 Å². The zero-order valence-electron chi connectivity index (χ0n) is 27.1. The lowest BCUT2D eigenvalue weighted by atomic mass is 9.83. The number of rotatable bonds is 6. The van der Waals surface area contributed by atoms with E-state index < -0.39 is 23.9 Å². The topological polar surface area (TPSA) is 106 Å². The van der Waals surface area contributed by atoms with Crippen molar-refractivity contribution in [1.29, 1.82) is 5.26 Å². The molecule has 1 aromatic carbocycles. The van der Waals surface area contributed by atoms with Gasteiger partial charge in [-0.05, 0) is 67.3 Å². The summed E-state index contributed by atoms with van der Waals surface area (Å²) in [6, 6.07) is 4.40. The molecule has 4 saturated heterocycles. The van der Waals surface area contributed by atoms with Gasteiger partial charge in [-0.25, -0.2) is 13.8 Å². The summed E-state index contributed by atoms with van der Waals surface area (Å²) in [7, 11) is 0. The Labute approximate surface area is 277 Å². The first-order valence-corrected chi connectivity index (χ1v) is 17.0. The molecule has 10 rings (SSSR count). The highest BCUT2D eigenvalue weighted by Crippen LogP contribution is 2.49. The number of aromatic hydroxyl groups is 1. The lowest BCUT2D eigenvalue weighted by Gasteiger charge is -2.55. The minimum Gasteiger partial charge on any atom is -0.508 e. The molecule has 8 aliphatic rings. The fourth-order valence-corrected chi connectivity index (χ4v) is 8.77. The molecule has 7 heterocycles. The number of terminal acetylenes is 1. The Balaban J connectivity index is 1.17. The zero-order valence-corrected chi connectivity index (χ0v) is 27.1. The van der Waals surface area contributed by atoms with Gasteiger partial charge < -0.3 is 35.0 Å². The monoisotopic (exact) mass is 652 g/mol. The summed E-state index contributed by atoms with van der Waals surface area (Å²) >= 11 is 0. The third kappa shape index (κ3) is 4.51. The molecule has 11 heteroatoms. The fraction of sp³-hybridized carbons (Fsp3) is 0.514. The van der Waals surface area contributed by atoms with E-state index in [9.17, 15) is 10.4 Å². The molecule has 2 bridgehead atoms. The minimum absolute atomic E-state index is 0.00848. The predicted molar refractivity (Wildman–Crippen MR) is 175 cm³/mol. The van der Waals surface area contributed by atoms with Crippen molar-refractivity contribution in [2.75, 3.05) is 37.7 Å². The number of nitrogens with zero attached hydrogens (tertiary/aromatic N) is 4. The van der Waals surface area contributed by atoms with Crippen molar-refractivity contribution in [3.8, 4) is 30.0 Å². The van der Waals surface area contributed by atoms with E-state index in [4.69, 9.17) is 20.9 Å². The Morgan fingerprint density at radius 3 is 2.75 bits per heavy atom. The van der Waals surface area contributed by atoms with E-state index in [-0.39, 0.29) is 57.9 Å². The van der Waals surface area contributed by atoms with Crippen LogP contribution in [0.25, 0.3) is 17.3 Å². The highest BCUT2D eigenvalue weighted by atomic mass is 19.1. The number of anilines is 1. The van der Waals surface area contributed by atoms with Crippen LogP contribution in [0, 0.1) is 34.5 Å². The summed E-state index contributed by atoms with van der Waals surface area (Å²) in [4.78, 5) is 9.28. The molecular formula is C37H38F2N6O3. The van der Waals surface area contributed by atoms with Crippen LogP contribution in [0.1, 0.15) is 74.2 Å². The van der Waals surface area contributed by atoms with Gasteiger partial charge in [0.15, 0.2) is 12.1 Å². The molecule has 2 aromatic rings. The highest BCUT2D eigenvalue weighted by molar-refractivity contribution is 5.86. The number of benzene rings is 1. The summed E-state index contributed by atoms with van der Waals surface area (Å²) in [5, 5.41) is 28.5. The standard InChI is InChI=1S/C37H38F2N6O3/c1-4-22-25(38)6-5-19-11-21(46)13-23(27(19)22)30-29(39)31-28-32(45-15-20-12-26(41-20)35(45)48-34(28)42-30)24(14-40)33(43-31)47-18-37(7-8-37)17-44-10-9-36(2,3)16-44/h1,11,13,20,26,30,35,41-42,46H,5-10,12,15-18H2,2-3H3. The first-order chi connectivity index (χ1) is 23.1. The van der Waals surface area contributed by atoms with Crippen LogP contribution in [0.2, 0.25) is 0 Å². The van der Waals surface area contributed by atoms with Crippen LogP contribution in [0.15, 0.2) is 18.0 Å². The van der Waals surface area contributed by atoms with Crippen molar-refractivity contribution >= 4 is 23.0 Å². The van der Waals surface area contributed by atoms with Gasteiger partial charge in [-0.2, -0.15) is 5.26 Å². The van der Waals surface area contributed by atoms with Crippen molar-refractivity contribution in [3.05, 3.63) is 50.8 Å². The van der Waals surface area contributed by atoms with E-state index in [1.807, 2.05) is 4.90 Å². The molecule has 248 valence electrons. The Hall–Kier alpha value is -4.32. The Bertz CT molecular complexity index is 2020. The van der Waals surface area contributed by atoms with Crippen LogP contribution in [-0.4, -0.2) is 66.1 Å². The Kier molecular flexibility index (Phi) is 6.42. The predicted octanol–water partition coefficient (Wildman–Crippen LogP) is 3.20. The molecule has 0 radical (unpaired) electrons. The summed E-state index contributed by atoms with van der Waals surface area (Å²) in [5.41, 5.74) is 2.46. The van der Waals surface area contributed by atoms with Gasteiger partial charge in [0.25, 0.3) is 0 Å². The molecule has 4 atom stereocenters. The van der Waals surface area contributed by atoms with Crippen LogP contribution in [-0.2, 0) is 11.2 Å². The molecule has 4 unspecified atom stereocenters. The summed E-state index contributed by atoms with van der Waals surface area (Å²) in [5.74, 6) is 1.68. The fourth-order valence-electron chi connectivity index (χ4n) is 8.77. The normalized spacial score (nSPS) is 28.6. The number of hydrogen-bond acceptors (Lipinski definition) is 9. The van der Waals surface area contributed by atoms with Gasteiger partial charge in [0.05, 0.1) is 29.1 Å². The first-order valence-electron chi connectivity index (χ1n) is 17.0. The SMILES string of the molecule is C#CC1=C(F)CCc2cc(O)cc(C3NC4=c5c(c(C#N)c(OCC6(CN7CCC(C)(C)C7)CC6)nc5=C3F)N3CC5CC(N5)C3O4)c21. The van der Waals surface area contributed by atoms with E-state index in [2.05, 4.69) is 41.4 Å². The number of piperazine rings is 1. The maximum Gasteiger partial charge on any atom is 0.234 e. The number of halogens is 2. The number of ether oxygens (including phenoxy) is 2. The number of hydrogen-bond donors (Lipinski definition) is 3. The van der Waals surface area contributed by atoms with Crippen molar-refractivity contribution in [2.45, 2.75) is 76.7 Å². The number of fused-ring (bicyclic) bond motifs is 1. The minimum atomic E-state index is -1.19. The number of nitrogens with one attached hydrogen (secondary N) is 2. The molecule has 48 heavy (non-hydrogen) atoms. The largest absolute Gasteiger partial charge is 0.508 e. The second kappa shape index (κ2) is 10.3. The first kappa shape index (κ1) is 29.8. The number of nitriles is 1. The molecule has 0 amide bonds. The average Bonchev–Trinajstić information content (AvgIpc) is 3.73. The van der Waals surface area contributed by atoms with Crippen LogP contribution in [0.5, 0.6) is 11.6 Å². The molecule has 1 saturated carbocycles. The molecule has 2 aliphatic carbocycles. The number of allylic oxidation sites excluding steroid dienone is 2. The van der Waals surface area contributed by atoms with Gasteiger partial charge in [-0.15, -0.1) is 6.42 Å². The van der Waals surface area contributed by atoms with Gasteiger partial charge in [-0.3, -0.25) is 0 Å². The van der Waals surface area contributed by atoms with E-state index in [1.165, 1.54) is 6.07 Å². The molecule has 1 aromatic heterocycles. The van der Waals surface area contributed by atoms with Crippen molar-refractivity contribution < 1.29 is 23.4 Å². The van der Waals surface area contributed by atoms with Crippen molar-refractivity contribution in [1.82, 2.24) is 20.5 Å². The lowest BCUT2D eigenvalue weighted by Crippen LogP contribution is -2.74. The molecular weight excluding hydrogens is 614 g/mol. The third-order valence-corrected chi connectivity index (χ3v) is 11.4. The summed E-state index contributed by atoms with van der Waals surface area (Å²) in [6.07, 6.45) is 9.90. The number of phenols is 1. The van der Waals surface area contributed by atoms with E-state index in [0.29, 0.717) is 52.6 Å². The van der Waals surface area contributed by atoms with E-state index in [0.717, 1.165) is 45.3 Å². The summed E-state index contributed by atoms with van der Waals surface area (Å²) in [6.45, 7) is 8.58. The van der Waals surface area contributed by atoms with E-state index >= 15 is 8.78 Å². The van der Waals surface area contributed by atoms with Crippen LogP contribution < -0.4 is 30.8 Å². The molecule has 9 nitrogen and oxygen atoms in total. The number of piperidine rings is 1. The Morgan fingerprint density at radius 2 is 2.04 bits per heavy atom. The van der Waals surface area contributed by atoms with E-state index in [1.54, 1.807) is 6.07 Å². The van der Waals surface area contributed by atoms with Gasteiger partial charge in [0.1, 0.15) is 34.6 Å². The molecule has 5 fully saturated rings. The Morgan fingerprint density at radius 1 is 1.23 bits per heavy atom. The molecule has 3 N–H and O–H groups in total. The maximum atomic E-state index is 17.1. The number of aromatic nitrogens is 1. The number of phenolic OH excluding ortho intramolecular Hbond substituents is 1. The second-order valence-electron chi connectivity index (χ2n) is 15.5. The molecule has 6 aliphatic heterocycles. The zero-order chi connectivity index (χ0) is 33.1. The quantitative estimate of drug-likeness (QED) is 0.406. The molecule has 0 spiro atoms. The average molecular weight is 653 g/mol. The number of aryl methyl sites for hydroxylation is 1.